The van der Waals surface area contributed by atoms with E-state index < -0.39 is 14.6 Å². The predicted molar refractivity (Wildman–Crippen MR) is 132 cm³/mol. The van der Waals surface area contributed by atoms with E-state index in [2.05, 4.69) is 10.3 Å². The first-order chi connectivity index (χ1) is 16.0. The van der Waals surface area contributed by atoms with Crippen molar-refractivity contribution < 1.29 is 23.1 Å². The lowest BCUT2D eigenvalue weighted by molar-refractivity contribution is -0.893. The Morgan fingerprint density at radius 2 is 1.74 bits per heavy atom. The number of rotatable bonds is 5. The zero-order valence-corrected chi connectivity index (χ0v) is 20.2. The number of fused-ring (bicyclic) bond motifs is 1. The molecule has 0 spiro atoms. The van der Waals surface area contributed by atoms with E-state index in [9.17, 15) is 18.4 Å². The van der Waals surface area contributed by atoms with Crippen LogP contribution in [0.4, 0.5) is 5.82 Å². The molecular weight excluding hydrogens is 450 g/mol. The van der Waals surface area contributed by atoms with E-state index >= 15 is 0 Å². The Bertz CT molecular complexity index is 1530. The van der Waals surface area contributed by atoms with Crippen molar-refractivity contribution >= 4 is 32.5 Å². The smallest absolute Gasteiger partial charge is 0.321 e. The van der Waals surface area contributed by atoms with Crippen molar-refractivity contribution in [1.29, 1.82) is 0 Å². The van der Waals surface area contributed by atoms with Gasteiger partial charge >= 0.3 is 11.7 Å². The second-order valence-electron chi connectivity index (χ2n) is 8.79. The minimum absolute atomic E-state index is 0.262. The maximum Gasteiger partial charge on any atom is 0.321 e. The van der Waals surface area contributed by atoms with E-state index in [1.807, 2.05) is 48.5 Å². The van der Waals surface area contributed by atoms with Crippen LogP contribution in [0.2, 0.25) is 0 Å². The van der Waals surface area contributed by atoms with Gasteiger partial charge in [0.05, 0.1) is 10.3 Å². The minimum Gasteiger partial charge on any atom is -0.350 e. The van der Waals surface area contributed by atoms with Crippen molar-refractivity contribution in [2.45, 2.75) is 25.5 Å². The van der Waals surface area contributed by atoms with Gasteiger partial charge in [-0.05, 0) is 60.9 Å². The molecule has 34 heavy (non-hydrogen) atoms. The number of hydrogen-bond acceptors (Lipinski definition) is 5. The molecule has 0 unspecified atom stereocenters. The summed E-state index contributed by atoms with van der Waals surface area (Å²) in [7, 11) is -3.37. The highest BCUT2D eigenvalue weighted by Gasteiger charge is 2.33. The molecule has 2 heterocycles. The number of amides is 1. The fourth-order valence-electron chi connectivity index (χ4n) is 3.78. The number of nitrogens with one attached hydrogen (secondary N) is 1. The van der Waals surface area contributed by atoms with E-state index in [4.69, 9.17) is 0 Å². The number of anilines is 1. The van der Waals surface area contributed by atoms with Crippen LogP contribution in [0, 0.1) is 0 Å². The van der Waals surface area contributed by atoms with E-state index in [1.54, 1.807) is 32.2 Å². The van der Waals surface area contributed by atoms with E-state index in [0.717, 1.165) is 37.9 Å². The summed E-state index contributed by atoms with van der Waals surface area (Å²) in [5, 5.41) is 13.7. The Kier molecular flexibility index (Phi) is 5.87. The molecule has 2 aromatic carbocycles. The first kappa shape index (κ1) is 23.4. The van der Waals surface area contributed by atoms with Gasteiger partial charge in [0, 0.05) is 42.0 Å². The van der Waals surface area contributed by atoms with Gasteiger partial charge in [0.2, 0.25) is 0 Å². The molecule has 174 valence electrons. The third kappa shape index (κ3) is 4.36. The van der Waals surface area contributed by atoms with Gasteiger partial charge in [-0.15, -0.1) is 0 Å². The third-order valence-electron chi connectivity index (χ3n) is 6.07. The number of hydrogen-bond donors (Lipinski definition) is 2. The van der Waals surface area contributed by atoms with Crippen LogP contribution in [0.25, 0.3) is 33.2 Å². The summed E-state index contributed by atoms with van der Waals surface area (Å²) in [4.78, 5) is 15.9. The zero-order valence-electron chi connectivity index (χ0n) is 19.4. The number of pyridine rings is 2. The van der Waals surface area contributed by atoms with Crippen molar-refractivity contribution in [3.05, 3.63) is 78.6 Å². The second kappa shape index (κ2) is 8.53. The van der Waals surface area contributed by atoms with E-state index in [1.165, 1.54) is 19.4 Å². The highest BCUT2D eigenvalue weighted by molar-refractivity contribution is 7.91. The standard InChI is InChI=1S/C26H25N3O4S/c1-17(30)28-24-11-10-21(16-29(24)31)18-7-5-8-19(13-18)23-15-22(26(2,3)34(4,32)33)14-20-9-6-12-27-25(20)23/h5-16,31H,1-4H3/p+1. The van der Waals surface area contributed by atoms with Gasteiger partial charge < -0.3 is 5.21 Å². The maximum atomic E-state index is 12.5. The molecule has 8 heteroatoms. The first-order valence-electron chi connectivity index (χ1n) is 10.7. The van der Waals surface area contributed by atoms with Gasteiger partial charge in [-0.25, -0.2) is 18.5 Å². The summed E-state index contributed by atoms with van der Waals surface area (Å²) in [6, 6.07) is 18.7. The number of benzene rings is 2. The number of sulfone groups is 1. The molecule has 0 radical (unpaired) electrons. The van der Waals surface area contributed by atoms with Gasteiger partial charge in [0.1, 0.15) is 6.20 Å². The second-order valence-corrected chi connectivity index (χ2v) is 11.4. The number of nitrogens with zero attached hydrogens (tertiary/aromatic N) is 2. The lowest BCUT2D eigenvalue weighted by Gasteiger charge is -2.24. The molecule has 0 saturated heterocycles. The molecule has 1 amide bonds. The molecule has 0 aliphatic rings. The van der Waals surface area contributed by atoms with Crippen LogP contribution < -0.4 is 10.0 Å². The third-order valence-corrected chi connectivity index (χ3v) is 8.16. The quantitative estimate of drug-likeness (QED) is 0.330. The zero-order chi connectivity index (χ0) is 24.7. The highest BCUT2D eigenvalue weighted by Crippen LogP contribution is 2.37. The average Bonchev–Trinajstić information content (AvgIpc) is 2.78. The average molecular weight is 477 g/mol. The molecule has 0 atom stereocenters. The highest BCUT2D eigenvalue weighted by atomic mass is 32.2. The lowest BCUT2D eigenvalue weighted by atomic mass is 9.92. The topological polar surface area (TPSA) is 100 Å². The van der Waals surface area contributed by atoms with Gasteiger partial charge in [0.25, 0.3) is 0 Å². The SMILES string of the molecule is CC(=O)Nc1ccc(-c2cccc(-c3cc(C(C)(C)S(C)(=O)=O)cc4cccnc34)c2)c[n+]1O. The summed E-state index contributed by atoms with van der Waals surface area (Å²) >= 11 is 0. The fourth-order valence-corrected chi connectivity index (χ4v) is 4.33. The largest absolute Gasteiger partial charge is 0.350 e. The van der Waals surface area contributed by atoms with Crippen molar-refractivity contribution in [1.82, 2.24) is 4.98 Å². The summed E-state index contributed by atoms with van der Waals surface area (Å²) in [5.74, 6) is -0.0212. The van der Waals surface area contributed by atoms with Crippen LogP contribution in [0.1, 0.15) is 26.3 Å². The van der Waals surface area contributed by atoms with E-state index in [-0.39, 0.29) is 11.7 Å². The van der Waals surface area contributed by atoms with Crippen molar-refractivity contribution in [3.8, 4) is 22.3 Å². The van der Waals surface area contributed by atoms with Crippen molar-refractivity contribution in [2.24, 2.45) is 0 Å². The van der Waals surface area contributed by atoms with Crippen LogP contribution in [0.5, 0.6) is 0 Å². The summed E-state index contributed by atoms with van der Waals surface area (Å²) < 4.78 is 24.9. The Morgan fingerprint density at radius 3 is 2.41 bits per heavy atom. The monoisotopic (exact) mass is 476 g/mol. The van der Waals surface area contributed by atoms with Crippen LogP contribution in [-0.2, 0) is 19.4 Å². The number of carbonyl (C=O) groups excluding carboxylic acids is 1. The maximum absolute atomic E-state index is 12.5. The van der Waals surface area contributed by atoms with Gasteiger partial charge in [-0.3, -0.25) is 4.98 Å². The van der Waals surface area contributed by atoms with E-state index in [0.29, 0.717) is 5.56 Å². The van der Waals surface area contributed by atoms with Crippen LogP contribution in [0.3, 0.4) is 0 Å². The number of carbonyl (C=O) groups is 1. The molecule has 0 fully saturated rings. The molecular formula is C26H26N3O4S+. The molecule has 0 saturated carbocycles. The van der Waals surface area contributed by atoms with Gasteiger partial charge in [-0.2, -0.15) is 0 Å². The van der Waals surface area contributed by atoms with Crippen molar-refractivity contribution in [2.75, 3.05) is 11.6 Å². The molecule has 4 rings (SSSR count). The Labute approximate surface area is 198 Å². The lowest BCUT2D eigenvalue weighted by Crippen LogP contribution is -2.34. The van der Waals surface area contributed by atoms with Crippen LogP contribution in [0.15, 0.2) is 73.1 Å². The van der Waals surface area contributed by atoms with Gasteiger partial charge in [0.15, 0.2) is 9.84 Å². The molecule has 0 aliphatic heterocycles. The summed E-state index contributed by atoms with van der Waals surface area (Å²) in [5.41, 5.74) is 4.71. The van der Waals surface area contributed by atoms with Crippen molar-refractivity contribution in [3.63, 3.8) is 0 Å². The molecule has 4 aromatic rings. The fraction of sp³-hybridized carbons (Fsp3) is 0.192. The molecule has 0 bridgehead atoms. The van der Waals surface area contributed by atoms with Crippen LogP contribution >= 0.6 is 0 Å². The first-order valence-corrected chi connectivity index (χ1v) is 12.6. The minimum atomic E-state index is -3.37. The molecule has 0 aliphatic carbocycles. The Balaban J connectivity index is 1.87. The molecule has 2 aromatic heterocycles. The summed E-state index contributed by atoms with van der Waals surface area (Å²) in [6.45, 7) is 4.78. The summed E-state index contributed by atoms with van der Waals surface area (Å²) in [6.07, 6.45) is 4.48. The normalized spacial score (nSPS) is 12.0. The van der Waals surface area contributed by atoms with Crippen LogP contribution in [-0.4, -0.2) is 30.8 Å². The number of aromatic nitrogens is 2. The molecule has 2 N–H and O–H groups in total. The Hall–Kier alpha value is -3.78. The molecule has 7 nitrogen and oxygen atoms in total. The predicted octanol–water partition coefficient (Wildman–Crippen LogP) is 4.33. The Morgan fingerprint density at radius 1 is 1.00 bits per heavy atom. The van der Waals surface area contributed by atoms with Gasteiger partial charge in [-0.1, -0.05) is 29.0 Å².